The van der Waals surface area contributed by atoms with Gasteiger partial charge >= 0.3 is 0 Å². The highest BCUT2D eigenvalue weighted by Crippen LogP contribution is 2.39. The number of aromatic nitrogens is 2. The van der Waals surface area contributed by atoms with Crippen LogP contribution in [0.25, 0.3) is 0 Å². The van der Waals surface area contributed by atoms with E-state index in [0.29, 0.717) is 25.7 Å². The highest BCUT2D eigenvalue weighted by atomic mass is 32.2. The Labute approximate surface area is 177 Å². The molecular formula is C18H16FN5O2S3. The van der Waals surface area contributed by atoms with E-state index < -0.39 is 5.91 Å². The number of amides is 2. The molecule has 0 unspecified atom stereocenters. The number of hydrogen-bond acceptors (Lipinski definition) is 8. The number of thiophene rings is 1. The van der Waals surface area contributed by atoms with Gasteiger partial charge in [-0.05, 0) is 43.0 Å². The number of benzene rings is 1. The van der Waals surface area contributed by atoms with Crippen molar-refractivity contribution < 1.29 is 14.0 Å². The van der Waals surface area contributed by atoms with Gasteiger partial charge in [0, 0.05) is 10.6 Å². The third-order valence-electron chi connectivity index (χ3n) is 4.23. The molecule has 4 N–H and O–H groups in total. The molecule has 0 radical (unpaired) electrons. The monoisotopic (exact) mass is 449 g/mol. The van der Waals surface area contributed by atoms with Crippen molar-refractivity contribution in [2.75, 3.05) is 16.4 Å². The van der Waals surface area contributed by atoms with Gasteiger partial charge in [0.1, 0.15) is 10.8 Å². The van der Waals surface area contributed by atoms with E-state index >= 15 is 0 Å². The van der Waals surface area contributed by atoms with Crippen LogP contribution in [0, 0.1) is 5.82 Å². The van der Waals surface area contributed by atoms with Crippen molar-refractivity contribution in [3.8, 4) is 0 Å². The highest BCUT2D eigenvalue weighted by molar-refractivity contribution is 8.01. The summed E-state index contributed by atoms with van der Waals surface area (Å²) in [5, 5.41) is 14.8. The van der Waals surface area contributed by atoms with Crippen molar-refractivity contribution in [1.29, 1.82) is 0 Å². The molecule has 11 heteroatoms. The van der Waals surface area contributed by atoms with E-state index in [1.165, 1.54) is 46.6 Å². The van der Waals surface area contributed by atoms with Gasteiger partial charge in [-0.1, -0.05) is 29.2 Å². The summed E-state index contributed by atoms with van der Waals surface area (Å²) in [5.41, 5.74) is 7.50. The van der Waals surface area contributed by atoms with Gasteiger partial charge in [-0.3, -0.25) is 9.59 Å². The van der Waals surface area contributed by atoms with Crippen molar-refractivity contribution in [3.05, 3.63) is 46.1 Å². The zero-order valence-corrected chi connectivity index (χ0v) is 17.5. The molecule has 7 nitrogen and oxygen atoms in total. The smallest absolute Gasteiger partial charge is 0.251 e. The molecule has 0 saturated carbocycles. The average Bonchev–Trinajstić information content (AvgIpc) is 3.36. The molecule has 29 heavy (non-hydrogen) atoms. The number of nitrogens with zero attached hydrogens (tertiary/aromatic N) is 2. The zero-order chi connectivity index (χ0) is 20.4. The largest absolute Gasteiger partial charge is 0.365 e. The summed E-state index contributed by atoms with van der Waals surface area (Å²) in [6.45, 7) is 0. The van der Waals surface area contributed by atoms with Crippen LogP contribution in [-0.2, 0) is 17.6 Å². The number of primary amides is 1. The van der Waals surface area contributed by atoms with Gasteiger partial charge in [0.2, 0.25) is 11.0 Å². The van der Waals surface area contributed by atoms with Gasteiger partial charge in [-0.25, -0.2) is 4.39 Å². The summed E-state index contributed by atoms with van der Waals surface area (Å²) >= 11 is 3.92. The fraction of sp³-hybridized carbons (Fsp3) is 0.222. The maximum absolute atomic E-state index is 13.2. The topological polar surface area (TPSA) is 110 Å². The molecule has 150 valence electrons. The minimum Gasteiger partial charge on any atom is -0.365 e. The number of hydrogen-bond donors (Lipinski definition) is 3. The van der Waals surface area contributed by atoms with Crippen molar-refractivity contribution in [3.63, 3.8) is 0 Å². The van der Waals surface area contributed by atoms with Gasteiger partial charge in [-0.15, -0.1) is 21.5 Å². The number of nitrogens with two attached hydrogens (primary N) is 1. The SMILES string of the molecule is NC(=O)c1c(NC(=O)CSc2nnc(Nc3cccc(F)c3)s2)sc2c1CCC2. The van der Waals surface area contributed by atoms with Crippen LogP contribution in [0.15, 0.2) is 28.6 Å². The predicted molar refractivity (Wildman–Crippen MR) is 114 cm³/mol. The number of thioether (sulfide) groups is 1. The number of aryl methyl sites for hydroxylation is 1. The molecule has 1 aliphatic carbocycles. The lowest BCUT2D eigenvalue weighted by Gasteiger charge is -2.05. The molecule has 2 aromatic heterocycles. The third-order valence-corrected chi connectivity index (χ3v) is 7.41. The summed E-state index contributed by atoms with van der Waals surface area (Å²) in [5.74, 6) is -0.979. The van der Waals surface area contributed by atoms with Gasteiger partial charge < -0.3 is 16.4 Å². The Morgan fingerprint density at radius 3 is 2.90 bits per heavy atom. The van der Waals surface area contributed by atoms with Crippen LogP contribution in [0.3, 0.4) is 0 Å². The number of fused-ring (bicyclic) bond motifs is 1. The molecular weight excluding hydrogens is 433 g/mol. The van der Waals surface area contributed by atoms with Crippen LogP contribution in [0.5, 0.6) is 0 Å². The van der Waals surface area contributed by atoms with Crippen molar-refractivity contribution >= 4 is 62.1 Å². The maximum Gasteiger partial charge on any atom is 0.251 e. The molecule has 0 spiro atoms. The lowest BCUT2D eigenvalue weighted by molar-refractivity contribution is -0.113. The van der Waals surface area contributed by atoms with Crippen LogP contribution < -0.4 is 16.4 Å². The quantitative estimate of drug-likeness (QED) is 0.473. The Morgan fingerprint density at radius 2 is 2.10 bits per heavy atom. The Hall–Kier alpha value is -2.50. The number of rotatable bonds is 7. The fourth-order valence-electron chi connectivity index (χ4n) is 3.05. The second-order valence-electron chi connectivity index (χ2n) is 6.27. The number of carbonyl (C=O) groups excluding carboxylic acids is 2. The molecule has 4 rings (SSSR count). The highest BCUT2D eigenvalue weighted by Gasteiger charge is 2.26. The van der Waals surface area contributed by atoms with Crippen LogP contribution in [0.1, 0.15) is 27.2 Å². The van der Waals surface area contributed by atoms with Crippen LogP contribution in [-0.4, -0.2) is 27.8 Å². The second kappa shape index (κ2) is 8.47. The van der Waals surface area contributed by atoms with E-state index in [1.54, 1.807) is 12.1 Å². The molecule has 0 bridgehead atoms. The van der Waals surface area contributed by atoms with E-state index in [-0.39, 0.29) is 17.5 Å². The first kappa shape index (κ1) is 19.8. The predicted octanol–water partition coefficient (Wildman–Crippen LogP) is 3.80. The standard InChI is InChI=1S/C18H16FN5O2S3/c19-9-3-1-4-10(7-9)21-17-23-24-18(29-17)27-8-13(25)22-16-14(15(20)26)11-5-2-6-12(11)28-16/h1,3-4,7H,2,5-6,8H2,(H2,20,26)(H,21,23)(H,22,25). The lowest BCUT2D eigenvalue weighted by Crippen LogP contribution is -2.18. The van der Waals surface area contributed by atoms with Crippen molar-refractivity contribution in [2.24, 2.45) is 5.73 Å². The minimum atomic E-state index is -0.510. The molecule has 0 fully saturated rings. The zero-order valence-electron chi connectivity index (χ0n) is 15.0. The lowest BCUT2D eigenvalue weighted by atomic mass is 10.1. The average molecular weight is 450 g/mol. The van der Waals surface area contributed by atoms with E-state index in [1.807, 2.05) is 0 Å². The molecule has 1 aromatic carbocycles. The maximum atomic E-state index is 13.2. The minimum absolute atomic E-state index is 0.120. The normalized spacial score (nSPS) is 12.6. The number of halogens is 1. The van der Waals surface area contributed by atoms with E-state index in [4.69, 9.17) is 5.73 Å². The summed E-state index contributed by atoms with van der Waals surface area (Å²) in [6, 6.07) is 6.03. The summed E-state index contributed by atoms with van der Waals surface area (Å²) in [4.78, 5) is 25.3. The molecule has 2 heterocycles. The van der Waals surface area contributed by atoms with Crippen LogP contribution >= 0.6 is 34.4 Å². The van der Waals surface area contributed by atoms with Crippen molar-refractivity contribution in [1.82, 2.24) is 10.2 Å². The molecule has 0 atom stereocenters. The fourth-order valence-corrected chi connectivity index (χ4v) is 5.93. The Bertz CT molecular complexity index is 1080. The van der Waals surface area contributed by atoms with Gasteiger partial charge in [0.05, 0.1) is 11.3 Å². The van der Waals surface area contributed by atoms with E-state index in [2.05, 4.69) is 20.8 Å². The Balaban J connectivity index is 1.35. The van der Waals surface area contributed by atoms with Crippen LogP contribution in [0.2, 0.25) is 0 Å². The van der Waals surface area contributed by atoms with Gasteiger partial charge in [0.25, 0.3) is 5.91 Å². The Morgan fingerprint density at radius 1 is 1.24 bits per heavy atom. The van der Waals surface area contributed by atoms with E-state index in [0.717, 1.165) is 29.7 Å². The molecule has 1 aliphatic rings. The van der Waals surface area contributed by atoms with Gasteiger partial charge in [-0.2, -0.15) is 0 Å². The summed E-state index contributed by atoms with van der Waals surface area (Å²) in [6.07, 6.45) is 2.74. The molecule has 0 aliphatic heterocycles. The molecule has 3 aromatic rings. The summed E-state index contributed by atoms with van der Waals surface area (Å²) < 4.78 is 13.8. The van der Waals surface area contributed by atoms with Crippen molar-refractivity contribution in [2.45, 2.75) is 23.6 Å². The van der Waals surface area contributed by atoms with Gasteiger partial charge in [0.15, 0.2) is 4.34 Å². The molecule has 0 saturated heterocycles. The van der Waals surface area contributed by atoms with Crippen LogP contribution in [0.4, 0.5) is 20.2 Å². The number of carbonyl (C=O) groups is 2. The van der Waals surface area contributed by atoms with E-state index in [9.17, 15) is 14.0 Å². The third kappa shape index (κ3) is 4.57. The molecule has 2 amide bonds. The first-order valence-electron chi connectivity index (χ1n) is 8.72. The first-order chi connectivity index (χ1) is 14.0. The number of anilines is 3. The first-order valence-corrected chi connectivity index (χ1v) is 11.3. The number of nitrogens with one attached hydrogen (secondary N) is 2. The Kier molecular flexibility index (Phi) is 5.79. The summed E-state index contributed by atoms with van der Waals surface area (Å²) in [7, 11) is 0. The second-order valence-corrected chi connectivity index (χ2v) is 9.58.